The highest BCUT2D eigenvalue weighted by atomic mass is 35.5. The van der Waals surface area contributed by atoms with Gasteiger partial charge in [-0.1, -0.05) is 35.9 Å². The van der Waals surface area contributed by atoms with Crippen molar-refractivity contribution < 1.29 is 9.53 Å². The lowest BCUT2D eigenvalue weighted by atomic mass is 10.1. The number of carbonyl (C=O) groups excluding carboxylic acids is 1. The molecule has 0 fully saturated rings. The third-order valence-corrected chi connectivity index (χ3v) is 3.77. The van der Waals surface area contributed by atoms with Gasteiger partial charge in [0.2, 0.25) is 5.91 Å². The summed E-state index contributed by atoms with van der Waals surface area (Å²) in [7, 11) is 0. The Labute approximate surface area is 128 Å². The van der Waals surface area contributed by atoms with Crippen LogP contribution >= 0.6 is 11.6 Å². The average Bonchev–Trinajstić information content (AvgIpc) is 2.94. The van der Waals surface area contributed by atoms with E-state index in [-0.39, 0.29) is 5.91 Å². The second-order valence-electron chi connectivity index (χ2n) is 5.12. The van der Waals surface area contributed by atoms with Crippen LogP contribution in [-0.4, -0.2) is 12.5 Å². The summed E-state index contributed by atoms with van der Waals surface area (Å²) in [6.45, 7) is 1.26. The minimum Gasteiger partial charge on any atom is -0.493 e. The monoisotopic (exact) mass is 301 g/mol. The Morgan fingerprint density at radius 3 is 2.71 bits per heavy atom. The Morgan fingerprint density at radius 2 is 1.90 bits per heavy atom. The highest BCUT2D eigenvalue weighted by Gasteiger charge is 2.13. The van der Waals surface area contributed by atoms with Gasteiger partial charge in [0, 0.05) is 18.0 Å². The molecule has 2 aromatic carbocycles. The SMILES string of the molecule is O=C(Cc1ccc2c(c1)CCO2)NCc1ccc(Cl)cc1. The Morgan fingerprint density at radius 1 is 1.14 bits per heavy atom. The molecule has 0 bridgehead atoms. The molecule has 0 saturated heterocycles. The lowest BCUT2D eigenvalue weighted by molar-refractivity contribution is -0.120. The van der Waals surface area contributed by atoms with Gasteiger partial charge in [-0.25, -0.2) is 0 Å². The first-order valence-corrected chi connectivity index (χ1v) is 7.34. The molecule has 1 amide bonds. The van der Waals surface area contributed by atoms with Crippen LogP contribution in [0.5, 0.6) is 5.75 Å². The topological polar surface area (TPSA) is 38.3 Å². The lowest BCUT2D eigenvalue weighted by Crippen LogP contribution is -2.24. The predicted octanol–water partition coefficient (Wildman–Crippen LogP) is 3.13. The van der Waals surface area contributed by atoms with E-state index >= 15 is 0 Å². The van der Waals surface area contributed by atoms with Gasteiger partial charge in [-0.05, 0) is 34.9 Å². The van der Waals surface area contributed by atoms with Crippen LogP contribution in [0.3, 0.4) is 0 Å². The molecule has 2 aromatic rings. The highest BCUT2D eigenvalue weighted by Crippen LogP contribution is 2.25. The zero-order valence-corrected chi connectivity index (χ0v) is 12.3. The van der Waals surface area contributed by atoms with Crippen LogP contribution in [0.25, 0.3) is 0 Å². The van der Waals surface area contributed by atoms with Crippen molar-refractivity contribution in [2.75, 3.05) is 6.61 Å². The third-order valence-electron chi connectivity index (χ3n) is 3.52. The van der Waals surface area contributed by atoms with Crippen molar-refractivity contribution in [2.24, 2.45) is 0 Å². The van der Waals surface area contributed by atoms with Gasteiger partial charge in [0.1, 0.15) is 5.75 Å². The van der Waals surface area contributed by atoms with Crippen molar-refractivity contribution in [3.05, 3.63) is 64.2 Å². The standard InChI is InChI=1S/C17H16ClNO2/c18-15-4-1-12(2-5-15)11-19-17(20)10-13-3-6-16-14(9-13)7-8-21-16/h1-6,9H,7-8,10-11H2,(H,19,20). The van der Waals surface area contributed by atoms with E-state index in [0.717, 1.165) is 29.9 Å². The molecule has 3 rings (SSSR count). The molecule has 0 spiro atoms. The summed E-state index contributed by atoms with van der Waals surface area (Å²) in [4.78, 5) is 12.0. The van der Waals surface area contributed by atoms with Gasteiger partial charge in [0.15, 0.2) is 0 Å². The van der Waals surface area contributed by atoms with E-state index in [4.69, 9.17) is 16.3 Å². The van der Waals surface area contributed by atoms with Crippen molar-refractivity contribution in [3.63, 3.8) is 0 Å². The van der Waals surface area contributed by atoms with Crippen LogP contribution < -0.4 is 10.1 Å². The molecule has 0 radical (unpaired) electrons. The Balaban J connectivity index is 1.55. The minimum atomic E-state index is 0.0174. The quantitative estimate of drug-likeness (QED) is 0.942. The average molecular weight is 302 g/mol. The summed E-state index contributed by atoms with van der Waals surface area (Å²) in [5.41, 5.74) is 3.25. The van der Waals surface area contributed by atoms with Crippen molar-refractivity contribution in [2.45, 2.75) is 19.4 Å². The fourth-order valence-electron chi connectivity index (χ4n) is 2.40. The summed E-state index contributed by atoms with van der Waals surface area (Å²) >= 11 is 5.83. The maximum absolute atomic E-state index is 12.0. The third kappa shape index (κ3) is 3.56. The van der Waals surface area contributed by atoms with Gasteiger partial charge in [0.25, 0.3) is 0 Å². The highest BCUT2D eigenvalue weighted by molar-refractivity contribution is 6.30. The number of nitrogens with one attached hydrogen (secondary N) is 1. The number of benzene rings is 2. The molecule has 108 valence electrons. The Bertz CT molecular complexity index is 652. The molecule has 0 aliphatic carbocycles. The summed E-state index contributed by atoms with van der Waals surface area (Å²) in [6, 6.07) is 13.4. The van der Waals surface area contributed by atoms with Gasteiger partial charge in [0.05, 0.1) is 13.0 Å². The molecule has 0 aromatic heterocycles. The predicted molar refractivity (Wildman–Crippen MR) is 82.6 cm³/mol. The maximum Gasteiger partial charge on any atom is 0.224 e. The van der Waals surface area contributed by atoms with E-state index in [1.165, 1.54) is 5.56 Å². The van der Waals surface area contributed by atoms with Crippen LogP contribution in [0.4, 0.5) is 0 Å². The van der Waals surface area contributed by atoms with Crippen LogP contribution in [0, 0.1) is 0 Å². The van der Waals surface area contributed by atoms with E-state index in [1.807, 2.05) is 36.4 Å². The normalized spacial score (nSPS) is 12.6. The number of rotatable bonds is 4. The van der Waals surface area contributed by atoms with Crippen molar-refractivity contribution in [3.8, 4) is 5.75 Å². The zero-order valence-electron chi connectivity index (χ0n) is 11.6. The molecule has 3 nitrogen and oxygen atoms in total. The van der Waals surface area contributed by atoms with Crippen LogP contribution in [0.2, 0.25) is 5.02 Å². The van der Waals surface area contributed by atoms with Crippen molar-refractivity contribution in [1.82, 2.24) is 5.32 Å². The molecule has 1 aliphatic rings. The number of carbonyl (C=O) groups is 1. The molecule has 0 saturated carbocycles. The molecule has 21 heavy (non-hydrogen) atoms. The molecular formula is C17H16ClNO2. The molecule has 0 atom stereocenters. The number of halogens is 1. The first kappa shape index (κ1) is 14.0. The molecule has 1 N–H and O–H groups in total. The first-order valence-electron chi connectivity index (χ1n) is 6.96. The second kappa shape index (κ2) is 6.19. The fourth-order valence-corrected chi connectivity index (χ4v) is 2.53. The molecule has 1 aliphatic heterocycles. The Kier molecular flexibility index (Phi) is 4.11. The van der Waals surface area contributed by atoms with E-state index in [0.29, 0.717) is 18.0 Å². The summed E-state index contributed by atoms with van der Waals surface area (Å²) < 4.78 is 5.46. The second-order valence-corrected chi connectivity index (χ2v) is 5.56. The maximum atomic E-state index is 12.0. The molecule has 4 heteroatoms. The molecule has 1 heterocycles. The Hall–Kier alpha value is -2.00. The number of hydrogen-bond acceptors (Lipinski definition) is 2. The number of amides is 1. The summed E-state index contributed by atoms with van der Waals surface area (Å²) in [6.07, 6.45) is 1.32. The summed E-state index contributed by atoms with van der Waals surface area (Å²) in [5, 5.41) is 3.62. The zero-order chi connectivity index (χ0) is 14.7. The van der Waals surface area contributed by atoms with E-state index in [2.05, 4.69) is 11.4 Å². The number of fused-ring (bicyclic) bond motifs is 1. The van der Waals surface area contributed by atoms with E-state index in [1.54, 1.807) is 0 Å². The smallest absolute Gasteiger partial charge is 0.224 e. The molecule has 0 unspecified atom stereocenters. The lowest BCUT2D eigenvalue weighted by Gasteiger charge is -2.07. The fraction of sp³-hybridized carbons (Fsp3) is 0.235. The number of ether oxygens (including phenoxy) is 1. The van der Waals surface area contributed by atoms with E-state index < -0.39 is 0 Å². The van der Waals surface area contributed by atoms with Crippen molar-refractivity contribution in [1.29, 1.82) is 0 Å². The summed E-state index contributed by atoms with van der Waals surface area (Å²) in [5.74, 6) is 0.962. The van der Waals surface area contributed by atoms with Crippen LogP contribution in [-0.2, 0) is 24.2 Å². The van der Waals surface area contributed by atoms with Gasteiger partial charge >= 0.3 is 0 Å². The van der Waals surface area contributed by atoms with Gasteiger partial charge in [-0.2, -0.15) is 0 Å². The van der Waals surface area contributed by atoms with Gasteiger partial charge in [-0.3, -0.25) is 4.79 Å². The minimum absolute atomic E-state index is 0.0174. The largest absolute Gasteiger partial charge is 0.493 e. The van der Waals surface area contributed by atoms with Crippen molar-refractivity contribution >= 4 is 17.5 Å². The molecular weight excluding hydrogens is 286 g/mol. The number of hydrogen-bond donors (Lipinski definition) is 1. The van der Waals surface area contributed by atoms with Crippen LogP contribution in [0.15, 0.2) is 42.5 Å². The van der Waals surface area contributed by atoms with E-state index in [9.17, 15) is 4.79 Å². The first-order chi connectivity index (χ1) is 10.2. The van der Waals surface area contributed by atoms with Gasteiger partial charge in [-0.15, -0.1) is 0 Å². The van der Waals surface area contributed by atoms with Crippen LogP contribution in [0.1, 0.15) is 16.7 Å². The van der Waals surface area contributed by atoms with Gasteiger partial charge < -0.3 is 10.1 Å².